The number of Topliss-reactive ketones (excluding diaryl/α,β-unsaturated/α-hetero) is 6. The van der Waals surface area contributed by atoms with Gasteiger partial charge in [-0.2, -0.15) is 0 Å². The van der Waals surface area contributed by atoms with Crippen LogP contribution in [0.15, 0.2) is 87.1 Å². The first-order valence-electron chi connectivity index (χ1n) is 37.8. The molecule has 2 unspecified atom stereocenters. The average Bonchev–Trinajstić information content (AvgIpc) is 0.709. The lowest BCUT2D eigenvalue weighted by Gasteiger charge is -2.50. The minimum absolute atomic E-state index is 0.00910. The van der Waals surface area contributed by atoms with Crippen LogP contribution in [-0.2, 0) is 82.0 Å². The highest BCUT2D eigenvalue weighted by atomic mass is 19.1. The molecule has 3 saturated carbocycles. The maximum Gasteiger partial charge on any atom is 0.255 e. The van der Waals surface area contributed by atoms with Crippen LogP contribution in [0, 0.1) is 35.5 Å². The van der Waals surface area contributed by atoms with Gasteiger partial charge in [0.1, 0.15) is 75.2 Å². The summed E-state index contributed by atoms with van der Waals surface area (Å²) in [6, 6.07) is 6.42. The molecule has 5 fully saturated rings. The van der Waals surface area contributed by atoms with Gasteiger partial charge in [0.25, 0.3) is 17.7 Å². The third-order valence-corrected chi connectivity index (χ3v) is 25.2. The quantitative estimate of drug-likeness (QED) is 0.0861. The summed E-state index contributed by atoms with van der Waals surface area (Å²) in [4.78, 5) is 124. The number of phenolic OH excluding ortho intramolecular Hbond substituents is 3. The highest BCUT2D eigenvalue weighted by Gasteiger charge is 2.68. The number of likely N-dealkylation sites (tertiary alicyclic amines) is 1. The first kappa shape index (κ1) is 82.7. The number of benzene rings is 3. The first-order valence-corrected chi connectivity index (χ1v) is 37.8. The summed E-state index contributed by atoms with van der Waals surface area (Å²) in [5, 5.41) is 147. The van der Waals surface area contributed by atoms with Gasteiger partial charge in [0.15, 0.2) is 34.2 Å². The molecule has 0 bridgehead atoms. The number of amides is 3. The number of primary amides is 3. The van der Waals surface area contributed by atoms with Crippen LogP contribution in [0.2, 0.25) is 0 Å². The fourth-order valence-corrected chi connectivity index (χ4v) is 19.5. The number of carbonyl (C=O) groups excluding carboxylic acids is 9. The van der Waals surface area contributed by atoms with Crippen molar-refractivity contribution in [1.82, 2.24) is 40.9 Å². The Kier molecular flexibility index (Phi) is 22.8. The molecular weight excluding hydrogens is 1470 g/mol. The normalized spacial score (nSPS) is 29.5. The first-order chi connectivity index (χ1) is 53.2. The second kappa shape index (κ2) is 31.2. The topological polar surface area (TPSA) is 536 Å². The Morgan fingerprint density at radius 1 is 0.496 bits per heavy atom. The molecule has 32 nitrogen and oxygen atoms in total. The molecule has 3 aromatic rings. The molecule has 9 aliphatic carbocycles. The number of alkyl halides is 1. The number of nitrogens with one attached hydrogen (secondary N) is 4. The van der Waals surface area contributed by atoms with E-state index in [1.54, 1.807) is 67.4 Å². The number of rotatable bonds is 16. The number of hydrogen-bond donors (Lipinski definition) is 19. The van der Waals surface area contributed by atoms with Crippen LogP contribution in [0.5, 0.6) is 17.2 Å². The molecule has 11 aliphatic rings. The Morgan fingerprint density at radius 2 is 0.788 bits per heavy atom. The van der Waals surface area contributed by atoms with E-state index in [0.29, 0.717) is 47.4 Å². The summed E-state index contributed by atoms with van der Waals surface area (Å²) in [7, 11) is 11.5. The molecule has 2 saturated heterocycles. The van der Waals surface area contributed by atoms with Crippen molar-refractivity contribution in [1.29, 1.82) is 0 Å². The fraction of sp³-hybridized carbons (Fsp3) is 0.512. The van der Waals surface area contributed by atoms with Crippen molar-refractivity contribution in [2.75, 3.05) is 82.2 Å². The maximum absolute atomic E-state index is 13.9. The van der Waals surface area contributed by atoms with E-state index in [4.69, 9.17) is 17.2 Å². The van der Waals surface area contributed by atoms with Gasteiger partial charge in [0.05, 0.1) is 34.8 Å². The maximum atomic E-state index is 13.9. The molecule has 22 N–H and O–H groups in total. The Hall–Kier alpha value is -9.78. The van der Waals surface area contributed by atoms with Crippen LogP contribution in [0.4, 0.5) is 4.39 Å². The minimum Gasteiger partial charge on any atom is -0.508 e. The van der Waals surface area contributed by atoms with Crippen LogP contribution >= 0.6 is 0 Å². The van der Waals surface area contributed by atoms with E-state index in [2.05, 4.69) is 33.2 Å². The summed E-state index contributed by atoms with van der Waals surface area (Å²) in [5.74, 6) is -19.8. The number of nitrogens with two attached hydrogens (primary N) is 3. The number of aromatic hydroxyl groups is 3. The molecule has 3 amide bonds. The predicted octanol–water partition coefficient (Wildman–Crippen LogP) is 0.365. The van der Waals surface area contributed by atoms with Gasteiger partial charge >= 0.3 is 0 Å². The molecule has 2 aliphatic heterocycles. The summed E-state index contributed by atoms with van der Waals surface area (Å²) in [6.07, 6.45) is 4.89. The summed E-state index contributed by atoms with van der Waals surface area (Å²) in [6.45, 7) is 6.20. The molecule has 0 spiro atoms. The Bertz CT molecular complexity index is 4740. The van der Waals surface area contributed by atoms with E-state index in [1.165, 1.54) is 32.9 Å². The van der Waals surface area contributed by atoms with Gasteiger partial charge in [-0.05, 0) is 216 Å². The zero-order valence-corrected chi connectivity index (χ0v) is 64.1. The standard InChI is InChI=1S/C28H36N4O7.C27H34N4O7.C25H30FN3O7/c1-31(2)22-17-11-14-10-16-13(12-30-15-6-8-32(3)9-7-15)4-5-18(33)20(16)23(34)19(14)25(36)28(17,39)26(37)21(24(22)35)27(29)38;1-31(2)21-16-10-13-9-15-12(11-30-14-5-7-29-8-6-14)3-4-17(32)19(15)22(33)18(13)24(35)27(16,38)25(36)20(23(21)34)26(28)37;1-10(8-26)28-9-11-4-5-15(30)17-13(11)6-12-7-14-19(29(2)3)21(32)18(24(27)35)23(34)25(14,36)22(33)16(12)20(17)31/h4-5,14-15,17,22,30,33-34,37,39H,6-12H2,1-3H3,(H2,29,38);3-4,13-14,16,21,29-30,32-33,36,38H,5-11H2,1-2H3,(H2,28,37);4-5,10,12,14,19,28,30-31,34,36H,6-9H2,1-3H3,(H2,27,35)/t14-,17-,22-,28-;13-,16-,21-,27-;10?,12-,14-,19?,25-/m000/s1. The van der Waals surface area contributed by atoms with Crippen molar-refractivity contribution < 1.29 is 109 Å². The molecule has 0 radical (unpaired) electrons. The number of halogens is 1. The summed E-state index contributed by atoms with van der Waals surface area (Å²) >= 11 is 0. The lowest BCUT2D eigenvalue weighted by Crippen LogP contribution is -2.65. The second-order valence-electron chi connectivity index (χ2n) is 32.5. The zero-order valence-electron chi connectivity index (χ0n) is 64.1. The van der Waals surface area contributed by atoms with E-state index < -0.39 is 187 Å². The Morgan fingerprint density at radius 3 is 1.07 bits per heavy atom. The van der Waals surface area contributed by atoms with Crippen LogP contribution in [0.1, 0.15) is 102 Å². The number of aliphatic hydroxyl groups is 9. The lowest BCUT2D eigenvalue weighted by atomic mass is 9.57. The van der Waals surface area contributed by atoms with Crippen molar-refractivity contribution in [2.45, 2.75) is 144 Å². The van der Waals surface area contributed by atoms with E-state index in [-0.39, 0.29) is 95.7 Å². The van der Waals surface area contributed by atoms with Crippen molar-refractivity contribution in [3.63, 3.8) is 0 Å². The number of nitrogens with zero attached hydrogens (tertiary/aromatic N) is 4. The predicted molar refractivity (Wildman–Crippen MR) is 405 cm³/mol. The number of likely N-dealkylation sites (N-methyl/N-ethyl adjacent to an activating group) is 3. The highest BCUT2D eigenvalue weighted by molar-refractivity contribution is 6.27. The molecule has 13 atom stereocenters. The van der Waals surface area contributed by atoms with Crippen LogP contribution < -0.4 is 38.5 Å². The highest BCUT2D eigenvalue weighted by Crippen LogP contribution is 2.57. The molecule has 608 valence electrons. The van der Waals surface area contributed by atoms with Crippen molar-refractivity contribution in [2.24, 2.45) is 52.7 Å². The van der Waals surface area contributed by atoms with Crippen molar-refractivity contribution in [3.8, 4) is 17.2 Å². The Balaban J connectivity index is 0.000000157. The molecule has 14 rings (SSSR count). The molecule has 2 heterocycles. The average molecular weight is 1570 g/mol. The largest absolute Gasteiger partial charge is 0.508 e. The van der Waals surface area contributed by atoms with Crippen LogP contribution in [0.3, 0.4) is 0 Å². The van der Waals surface area contributed by atoms with Crippen molar-refractivity contribution in [3.05, 3.63) is 137 Å². The van der Waals surface area contributed by atoms with Gasteiger partial charge in [0, 0.05) is 72.2 Å². The molecule has 0 aromatic heterocycles. The van der Waals surface area contributed by atoms with E-state index in [0.717, 1.165) is 63.0 Å². The molecular formula is C80H100FN11O21. The number of hydrogen-bond acceptors (Lipinski definition) is 29. The fourth-order valence-electron chi connectivity index (χ4n) is 19.5. The molecule has 113 heavy (non-hydrogen) atoms. The second-order valence-corrected chi connectivity index (χ2v) is 32.5. The number of phenols is 3. The summed E-state index contributed by atoms with van der Waals surface area (Å²) in [5.41, 5.74) is 9.74. The Labute approximate surface area is 649 Å². The van der Waals surface area contributed by atoms with E-state index in [1.807, 2.05) is 0 Å². The third-order valence-electron chi connectivity index (χ3n) is 25.2. The number of carbonyl (C=O) groups is 9. The number of ketones is 6. The lowest BCUT2D eigenvalue weighted by molar-refractivity contribution is -0.155. The van der Waals surface area contributed by atoms with Gasteiger partial charge < -0.3 is 105 Å². The SMILES string of the molecule is CC(CF)NCc1ccc(O)c2c1C[C@H]1C[C@H]3C(N(C)C)C(=O)C(C(N)=O)=C(O)[C@@]3(O)C(=O)C1=C2O.CN(C)[C@@H]1C(=O)C(C(N)=O)=C(O)[C@@]2(O)C(=O)C3=C(O)c4c(O)ccc(CNC5CCNCC5)c4C[C@H]3C[C@@H]12.CN1CCC(NCc2ccc(O)c3c2C[C@H]2C[C@H]4[C@H](N(C)C)C(=O)C(C(N)=O)=C(O)[C@@]4(O)C(=O)C2=C3O)CC1. The van der Waals surface area contributed by atoms with Crippen molar-refractivity contribution >= 4 is 69.7 Å². The van der Waals surface area contributed by atoms with Gasteiger partial charge in [-0.3, -0.25) is 57.9 Å². The summed E-state index contributed by atoms with van der Waals surface area (Å²) < 4.78 is 13.0. The third kappa shape index (κ3) is 13.7. The van der Waals surface area contributed by atoms with Crippen LogP contribution in [0.25, 0.3) is 17.3 Å². The smallest absolute Gasteiger partial charge is 0.255 e. The minimum atomic E-state index is -2.67. The van der Waals surface area contributed by atoms with E-state index in [9.17, 15) is 109 Å². The van der Waals surface area contributed by atoms with Gasteiger partial charge in [-0.15, -0.1) is 0 Å². The number of piperidine rings is 2. The monoisotopic (exact) mass is 1570 g/mol. The van der Waals surface area contributed by atoms with E-state index >= 15 is 0 Å². The zero-order chi connectivity index (χ0) is 82.6. The molecule has 33 heteroatoms. The number of aliphatic hydroxyl groups excluding tert-OH is 6. The van der Waals surface area contributed by atoms with Gasteiger partial charge in [0.2, 0.25) is 17.3 Å². The number of fused-ring (bicyclic) bond motifs is 9. The van der Waals surface area contributed by atoms with Gasteiger partial charge in [-0.25, -0.2) is 4.39 Å². The molecule has 3 aromatic carbocycles. The van der Waals surface area contributed by atoms with Gasteiger partial charge in [-0.1, -0.05) is 18.2 Å². The van der Waals surface area contributed by atoms with Crippen LogP contribution in [-0.4, -0.2) is 269 Å².